The van der Waals surface area contributed by atoms with Crippen molar-refractivity contribution in [3.8, 4) is 12.3 Å². The van der Waals surface area contributed by atoms with Crippen LogP contribution in [0, 0.1) is 12.3 Å². The van der Waals surface area contributed by atoms with Gasteiger partial charge < -0.3 is 5.32 Å². The van der Waals surface area contributed by atoms with Gasteiger partial charge in [0.15, 0.2) is 0 Å². The average Bonchev–Trinajstić information content (AvgIpc) is 2.46. The molecule has 2 unspecified atom stereocenters. The van der Waals surface area contributed by atoms with Crippen molar-refractivity contribution in [2.45, 2.75) is 43.7 Å². The lowest BCUT2D eigenvalue weighted by atomic mass is 10.1. The Labute approximate surface area is 128 Å². The van der Waals surface area contributed by atoms with E-state index in [4.69, 9.17) is 6.42 Å². The van der Waals surface area contributed by atoms with Crippen LogP contribution in [0.25, 0.3) is 0 Å². The van der Waals surface area contributed by atoms with Crippen molar-refractivity contribution in [1.82, 2.24) is 9.62 Å². The monoisotopic (exact) mass is 308 g/mol. The van der Waals surface area contributed by atoms with Gasteiger partial charge in [-0.25, -0.2) is 12.7 Å². The Morgan fingerprint density at radius 3 is 2.29 bits per heavy atom. The third-order valence-electron chi connectivity index (χ3n) is 3.50. The van der Waals surface area contributed by atoms with E-state index in [1.54, 1.807) is 12.1 Å². The van der Waals surface area contributed by atoms with Gasteiger partial charge >= 0.3 is 0 Å². The number of nitrogens with one attached hydrogen (secondary N) is 1. The minimum Gasteiger partial charge on any atom is -0.307 e. The Morgan fingerprint density at radius 1 is 1.29 bits per heavy atom. The summed E-state index contributed by atoms with van der Waals surface area (Å²) in [6.07, 6.45) is 7.00. The van der Waals surface area contributed by atoms with E-state index < -0.39 is 10.0 Å². The maximum atomic E-state index is 12.0. The van der Waals surface area contributed by atoms with Crippen molar-refractivity contribution in [1.29, 1.82) is 0 Å². The highest BCUT2D eigenvalue weighted by atomic mass is 32.2. The summed E-state index contributed by atoms with van der Waals surface area (Å²) in [5.41, 5.74) is 1.04. The molecule has 0 saturated carbocycles. The first-order valence-corrected chi connectivity index (χ1v) is 8.49. The van der Waals surface area contributed by atoms with Gasteiger partial charge in [-0.3, -0.25) is 0 Å². The molecule has 5 heteroatoms. The second-order valence-electron chi connectivity index (χ2n) is 5.26. The Bertz CT molecular complexity index is 586. The van der Waals surface area contributed by atoms with Crippen LogP contribution in [0.5, 0.6) is 0 Å². The van der Waals surface area contributed by atoms with Gasteiger partial charge in [-0.05, 0) is 31.0 Å². The maximum Gasteiger partial charge on any atom is 0.242 e. The number of rotatable bonds is 7. The molecular formula is C16H24N2O2S. The van der Waals surface area contributed by atoms with Crippen LogP contribution in [0.2, 0.25) is 0 Å². The molecule has 0 spiro atoms. The van der Waals surface area contributed by atoms with E-state index in [2.05, 4.69) is 25.1 Å². The standard InChI is InChI=1S/C16H24N2O2S/c1-6-8-15(7-2)17-13(3)14-9-11-16(12-10-14)21(19,20)18(4)5/h1,9-13,15,17H,7-8H2,2-5H3. The largest absolute Gasteiger partial charge is 0.307 e. The van der Waals surface area contributed by atoms with E-state index >= 15 is 0 Å². The topological polar surface area (TPSA) is 49.4 Å². The number of nitrogens with zero attached hydrogens (tertiary/aromatic N) is 1. The molecule has 21 heavy (non-hydrogen) atoms. The lowest BCUT2D eigenvalue weighted by molar-refractivity contribution is 0.449. The molecule has 0 fully saturated rings. The van der Waals surface area contributed by atoms with Gasteiger partial charge in [0, 0.05) is 32.6 Å². The summed E-state index contributed by atoms with van der Waals surface area (Å²) in [5, 5.41) is 3.46. The zero-order valence-corrected chi connectivity index (χ0v) is 13.9. The second-order valence-corrected chi connectivity index (χ2v) is 7.41. The molecule has 0 heterocycles. The fraction of sp³-hybridized carbons (Fsp3) is 0.500. The summed E-state index contributed by atoms with van der Waals surface area (Å²) in [4.78, 5) is 0.305. The van der Waals surface area contributed by atoms with Crippen LogP contribution in [-0.4, -0.2) is 32.9 Å². The van der Waals surface area contributed by atoms with Gasteiger partial charge in [0.25, 0.3) is 0 Å². The zero-order chi connectivity index (χ0) is 16.0. The number of sulfonamides is 1. The Balaban J connectivity index is 2.85. The Kier molecular flexibility index (Phi) is 6.41. The lowest BCUT2D eigenvalue weighted by Gasteiger charge is -2.21. The van der Waals surface area contributed by atoms with E-state index in [0.29, 0.717) is 11.3 Å². The van der Waals surface area contributed by atoms with Gasteiger partial charge in [0.1, 0.15) is 0 Å². The molecule has 2 atom stereocenters. The normalized spacial score (nSPS) is 14.7. The Morgan fingerprint density at radius 2 is 1.86 bits per heavy atom. The Hall–Kier alpha value is -1.35. The van der Waals surface area contributed by atoms with Crippen molar-refractivity contribution in [3.05, 3.63) is 29.8 Å². The molecular weight excluding hydrogens is 284 g/mol. The lowest BCUT2D eigenvalue weighted by Crippen LogP contribution is -2.30. The van der Waals surface area contributed by atoms with Gasteiger partial charge in [-0.1, -0.05) is 19.1 Å². The van der Waals surface area contributed by atoms with Crippen molar-refractivity contribution >= 4 is 10.0 Å². The molecule has 1 N–H and O–H groups in total. The molecule has 0 aliphatic heterocycles. The number of terminal acetylenes is 1. The molecule has 1 aromatic carbocycles. The molecule has 0 bridgehead atoms. The van der Waals surface area contributed by atoms with Crippen LogP contribution in [0.3, 0.4) is 0 Å². The summed E-state index contributed by atoms with van der Waals surface area (Å²) in [5.74, 6) is 2.67. The van der Waals surface area contributed by atoms with Crippen LogP contribution in [0.4, 0.5) is 0 Å². The summed E-state index contributed by atoms with van der Waals surface area (Å²) in [6.45, 7) is 4.14. The van der Waals surface area contributed by atoms with E-state index in [-0.39, 0.29) is 12.1 Å². The molecule has 0 radical (unpaired) electrons. The van der Waals surface area contributed by atoms with Gasteiger partial charge in [0.2, 0.25) is 10.0 Å². The van der Waals surface area contributed by atoms with Crippen LogP contribution >= 0.6 is 0 Å². The zero-order valence-electron chi connectivity index (χ0n) is 13.1. The SMILES string of the molecule is C#CCC(CC)NC(C)c1ccc(S(=O)(=O)N(C)C)cc1. The quantitative estimate of drug-likeness (QED) is 0.787. The highest BCUT2D eigenvalue weighted by Gasteiger charge is 2.17. The number of benzene rings is 1. The highest BCUT2D eigenvalue weighted by Crippen LogP contribution is 2.19. The molecule has 1 aromatic rings. The van der Waals surface area contributed by atoms with Gasteiger partial charge in [-0.2, -0.15) is 0 Å². The van der Waals surface area contributed by atoms with Gasteiger partial charge in [-0.15, -0.1) is 12.3 Å². The van der Waals surface area contributed by atoms with Crippen molar-refractivity contribution in [2.75, 3.05) is 14.1 Å². The third kappa shape index (κ3) is 4.57. The van der Waals surface area contributed by atoms with Crippen LogP contribution in [-0.2, 0) is 10.0 Å². The minimum absolute atomic E-state index is 0.124. The maximum absolute atomic E-state index is 12.0. The third-order valence-corrected chi connectivity index (χ3v) is 5.33. The van der Waals surface area contributed by atoms with Crippen LogP contribution in [0.1, 0.15) is 38.3 Å². The van der Waals surface area contributed by atoms with E-state index in [9.17, 15) is 8.42 Å². The number of hydrogen-bond acceptors (Lipinski definition) is 3. The van der Waals surface area contributed by atoms with Crippen LogP contribution < -0.4 is 5.32 Å². The molecule has 0 aliphatic rings. The molecule has 0 aromatic heterocycles. The predicted octanol–water partition coefficient (Wildman–Crippen LogP) is 2.39. The molecule has 1 rings (SSSR count). The van der Waals surface area contributed by atoms with E-state index in [0.717, 1.165) is 12.0 Å². The average molecular weight is 308 g/mol. The first-order chi connectivity index (χ1) is 9.82. The molecule has 0 aliphatic carbocycles. The van der Waals surface area contributed by atoms with E-state index in [1.807, 2.05) is 12.1 Å². The van der Waals surface area contributed by atoms with E-state index in [1.165, 1.54) is 18.4 Å². The second kappa shape index (κ2) is 7.60. The summed E-state index contributed by atoms with van der Waals surface area (Å²) in [7, 11) is -0.316. The summed E-state index contributed by atoms with van der Waals surface area (Å²) >= 11 is 0. The van der Waals surface area contributed by atoms with Crippen molar-refractivity contribution < 1.29 is 8.42 Å². The van der Waals surface area contributed by atoms with Crippen molar-refractivity contribution in [3.63, 3.8) is 0 Å². The fourth-order valence-electron chi connectivity index (χ4n) is 2.05. The van der Waals surface area contributed by atoms with Crippen LogP contribution in [0.15, 0.2) is 29.2 Å². The molecule has 0 amide bonds. The minimum atomic E-state index is -3.37. The summed E-state index contributed by atoms with van der Waals surface area (Å²) < 4.78 is 25.2. The van der Waals surface area contributed by atoms with Crippen molar-refractivity contribution in [2.24, 2.45) is 0 Å². The summed E-state index contributed by atoms with van der Waals surface area (Å²) in [6, 6.07) is 7.37. The highest BCUT2D eigenvalue weighted by molar-refractivity contribution is 7.89. The fourth-order valence-corrected chi connectivity index (χ4v) is 2.95. The first kappa shape index (κ1) is 17.7. The first-order valence-electron chi connectivity index (χ1n) is 7.05. The van der Waals surface area contributed by atoms with Gasteiger partial charge in [0.05, 0.1) is 4.90 Å². The molecule has 4 nitrogen and oxygen atoms in total. The predicted molar refractivity (Wildman–Crippen MR) is 86.4 cm³/mol. The molecule has 116 valence electrons. The molecule has 0 saturated heterocycles. The number of hydrogen-bond donors (Lipinski definition) is 1. The smallest absolute Gasteiger partial charge is 0.242 e.